The van der Waals surface area contributed by atoms with Crippen molar-refractivity contribution in [3.05, 3.63) is 65.0 Å². The Labute approximate surface area is 165 Å². The molecule has 140 valence electrons. The Morgan fingerprint density at radius 2 is 1.63 bits per heavy atom. The molecule has 0 spiro atoms. The molecule has 1 saturated heterocycles. The van der Waals surface area contributed by atoms with E-state index in [1.54, 1.807) is 29.2 Å². The maximum atomic E-state index is 13.0. The highest BCUT2D eigenvalue weighted by Gasteiger charge is 2.31. The molecule has 4 rings (SSSR count). The first-order valence-electron chi connectivity index (χ1n) is 8.49. The lowest BCUT2D eigenvalue weighted by Crippen LogP contribution is -2.50. The lowest BCUT2D eigenvalue weighted by atomic mass is 10.1. The summed E-state index contributed by atoms with van der Waals surface area (Å²) in [6.45, 7) is 1.15. The Morgan fingerprint density at radius 3 is 2.30 bits per heavy atom. The van der Waals surface area contributed by atoms with Gasteiger partial charge in [-0.1, -0.05) is 30.3 Å². The van der Waals surface area contributed by atoms with E-state index in [1.165, 1.54) is 4.31 Å². The van der Waals surface area contributed by atoms with Crippen molar-refractivity contribution in [3.63, 3.8) is 0 Å². The standard InChI is InChI=1S/C19H17BrN2O4S/c20-18-8-7-17(26-18)19(23)21-9-11-22(12-10-21)27(24,25)16-6-5-14-3-1-2-4-15(14)13-16/h1-8,13H,9-12H2. The number of fused-ring (bicyclic) bond motifs is 1. The molecule has 1 amide bonds. The molecule has 27 heavy (non-hydrogen) atoms. The molecule has 1 aromatic heterocycles. The fourth-order valence-corrected chi connectivity index (χ4v) is 4.96. The molecule has 0 aliphatic carbocycles. The molecule has 2 heterocycles. The van der Waals surface area contributed by atoms with Gasteiger partial charge in [-0.05, 0) is 51.0 Å². The minimum atomic E-state index is -3.60. The summed E-state index contributed by atoms with van der Waals surface area (Å²) in [6, 6.07) is 16.1. The number of amides is 1. The van der Waals surface area contributed by atoms with Crippen molar-refractivity contribution in [1.29, 1.82) is 0 Å². The van der Waals surface area contributed by atoms with Crippen molar-refractivity contribution in [1.82, 2.24) is 9.21 Å². The van der Waals surface area contributed by atoms with E-state index in [-0.39, 0.29) is 29.7 Å². The van der Waals surface area contributed by atoms with E-state index in [0.29, 0.717) is 17.8 Å². The average molecular weight is 449 g/mol. The van der Waals surface area contributed by atoms with E-state index in [9.17, 15) is 13.2 Å². The number of rotatable bonds is 3. The zero-order valence-corrected chi connectivity index (χ0v) is 16.7. The van der Waals surface area contributed by atoms with Crippen LogP contribution in [0.5, 0.6) is 0 Å². The zero-order valence-electron chi connectivity index (χ0n) is 14.3. The first-order chi connectivity index (χ1) is 12.9. The summed E-state index contributed by atoms with van der Waals surface area (Å²) in [4.78, 5) is 14.3. The predicted molar refractivity (Wildman–Crippen MR) is 105 cm³/mol. The molecule has 1 fully saturated rings. The van der Waals surface area contributed by atoms with E-state index >= 15 is 0 Å². The van der Waals surface area contributed by atoms with E-state index in [0.717, 1.165) is 10.8 Å². The van der Waals surface area contributed by atoms with Crippen LogP contribution in [-0.2, 0) is 10.0 Å². The Morgan fingerprint density at radius 1 is 0.926 bits per heavy atom. The molecule has 1 aliphatic heterocycles. The third-order valence-electron chi connectivity index (χ3n) is 4.67. The zero-order chi connectivity index (χ0) is 19.0. The van der Waals surface area contributed by atoms with Gasteiger partial charge >= 0.3 is 0 Å². The fourth-order valence-electron chi connectivity index (χ4n) is 3.19. The van der Waals surface area contributed by atoms with Gasteiger partial charge in [-0.3, -0.25) is 4.79 Å². The van der Waals surface area contributed by atoms with Crippen LogP contribution in [0.2, 0.25) is 0 Å². The summed E-state index contributed by atoms with van der Waals surface area (Å²) >= 11 is 3.18. The van der Waals surface area contributed by atoms with E-state index in [4.69, 9.17) is 4.42 Å². The fraction of sp³-hybridized carbons (Fsp3) is 0.211. The summed E-state index contributed by atoms with van der Waals surface area (Å²) in [7, 11) is -3.60. The molecule has 8 heteroatoms. The van der Waals surface area contributed by atoms with E-state index in [2.05, 4.69) is 15.9 Å². The number of furan rings is 1. The van der Waals surface area contributed by atoms with Crippen LogP contribution in [0.25, 0.3) is 10.8 Å². The monoisotopic (exact) mass is 448 g/mol. The lowest BCUT2D eigenvalue weighted by molar-refractivity contribution is 0.0664. The molecule has 3 aromatic rings. The van der Waals surface area contributed by atoms with Crippen molar-refractivity contribution < 1.29 is 17.6 Å². The van der Waals surface area contributed by atoms with Gasteiger partial charge in [0, 0.05) is 26.2 Å². The van der Waals surface area contributed by atoms with Gasteiger partial charge in [-0.2, -0.15) is 4.31 Å². The molecule has 0 saturated carbocycles. The predicted octanol–water partition coefficient (Wildman–Crippen LogP) is 3.34. The summed E-state index contributed by atoms with van der Waals surface area (Å²) < 4.78 is 33.2. The van der Waals surface area contributed by atoms with Gasteiger partial charge in [0.05, 0.1) is 4.90 Å². The number of halogens is 1. The molecule has 0 bridgehead atoms. The number of sulfonamides is 1. The van der Waals surface area contributed by atoms with Crippen LogP contribution in [0.4, 0.5) is 0 Å². The minimum Gasteiger partial charge on any atom is -0.444 e. The number of piperazine rings is 1. The normalized spacial score (nSPS) is 16.0. The molecule has 1 aliphatic rings. The molecular weight excluding hydrogens is 432 g/mol. The third-order valence-corrected chi connectivity index (χ3v) is 6.99. The first kappa shape index (κ1) is 18.2. The van der Waals surface area contributed by atoms with Crippen LogP contribution in [-0.4, -0.2) is 49.7 Å². The number of carbonyl (C=O) groups excluding carboxylic acids is 1. The van der Waals surface area contributed by atoms with Gasteiger partial charge in [-0.15, -0.1) is 0 Å². The second kappa shape index (κ2) is 7.10. The van der Waals surface area contributed by atoms with Gasteiger partial charge in [0.2, 0.25) is 10.0 Å². The minimum absolute atomic E-state index is 0.233. The van der Waals surface area contributed by atoms with Crippen LogP contribution < -0.4 is 0 Å². The summed E-state index contributed by atoms with van der Waals surface area (Å²) in [6.07, 6.45) is 0. The van der Waals surface area contributed by atoms with Crippen molar-refractivity contribution in [2.75, 3.05) is 26.2 Å². The summed E-state index contributed by atoms with van der Waals surface area (Å²) in [5.74, 6) is 0.0103. The van der Waals surface area contributed by atoms with Crippen molar-refractivity contribution in [2.45, 2.75) is 4.90 Å². The number of hydrogen-bond acceptors (Lipinski definition) is 4. The maximum Gasteiger partial charge on any atom is 0.289 e. The van der Waals surface area contributed by atoms with Gasteiger partial charge in [-0.25, -0.2) is 8.42 Å². The highest BCUT2D eigenvalue weighted by molar-refractivity contribution is 9.10. The van der Waals surface area contributed by atoms with E-state index < -0.39 is 10.0 Å². The maximum absolute atomic E-state index is 13.0. The van der Waals surface area contributed by atoms with Gasteiger partial charge in [0.1, 0.15) is 0 Å². The topological polar surface area (TPSA) is 70.8 Å². The second-order valence-electron chi connectivity index (χ2n) is 6.31. The van der Waals surface area contributed by atoms with E-state index in [1.807, 2.05) is 30.3 Å². The molecular formula is C19H17BrN2O4S. The Balaban J connectivity index is 1.50. The molecule has 0 unspecified atom stereocenters. The summed E-state index contributed by atoms with van der Waals surface area (Å²) in [5.41, 5.74) is 0. The van der Waals surface area contributed by atoms with Crippen molar-refractivity contribution in [2.24, 2.45) is 0 Å². The molecule has 0 radical (unpaired) electrons. The van der Waals surface area contributed by atoms with Crippen LogP contribution in [0.1, 0.15) is 10.6 Å². The van der Waals surface area contributed by atoms with Crippen LogP contribution >= 0.6 is 15.9 Å². The number of benzene rings is 2. The lowest BCUT2D eigenvalue weighted by Gasteiger charge is -2.33. The largest absolute Gasteiger partial charge is 0.444 e. The Hall–Kier alpha value is -2.16. The third kappa shape index (κ3) is 3.52. The Bertz CT molecular complexity index is 1100. The second-order valence-corrected chi connectivity index (χ2v) is 9.03. The van der Waals surface area contributed by atoms with Crippen molar-refractivity contribution in [3.8, 4) is 0 Å². The summed E-state index contributed by atoms with van der Waals surface area (Å²) in [5, 5.41) is 1.88. The SMILES string of the molecule is O=C(c1ccc(Br)o1)N1CCN(S(=O)(=O)c2ccc3ccccc3c2)CC1. The smallest absolute Gasteiger partial charge is 0.289 e. The molecule has 0 N–H and O–H groups in total. The quantitative estimate of drug-likeness (QED) is 0.615. The molecule has 0 atom stereocenters. The van der Waals surface area contributed by atoms with Gasteiger partial charge in [0.15, 0.2) is 10.4 Å². The Kier molecular flexibility index (Phi) is 4.79. The molecule has 6 nitrogen and oxygen atoms in total. The van der Waals surface area contributed by atoms with Crippen LogP contribution in [0.15, 0.2) is 68.6 Å². The van der Waals surface area contributed by atoms with Gasteiger partial charge < -0.3 is 9.32 Å². The molecule has 2 aromatic carbocycles. The number of nitrogens with zero attached hydrogens (tertiary/aromatic N) is 2. The highest BCUT2D eigenvalue weighted by atomic mass is 79.9. The van der Waals surface area contributed by atoms with Crippen molar-refractivity contribution >= 4 is 42.6 Å². The highest BCUT2D eigenvalue weighted by Crippen LogP contribution is 2.23. The van der Waals surface area contributed by atoms with Crippen LogP contribution in [0.3, 0.4) is 0 Å². The average Bonchev–Trinajstić information content (AvgIpc) is 3.13. The van der Waals surface area contributed by atoms with Crippen LogP contribution in [0, 0.1) is 0 Å². The van der Waals surface area contributed by atoms with Gasteiger partial charge in [0.25, 0.3) is 5.91 Å². The number of carbonyl (C=O) groups is 1. The number of hydrogen-bond donors (Lipinski definition) is 0. The first-order valence-corrected chi connectivity index (χ1v) is 10.7.